The van der Waals surface area contributed by atoms with Crippen molar-refractivity contribution in [3.63, 3.8) is 0 Å². The molecule has 3 aromatic carbocycles. The third-order valence-electron chi connectivity index (χ3n) is 6.78. The lowest BCUT2D eigenvalue weighted by Crippen LogP contribution is -2.32. The summed E-state index contributed by atoms with van der Waals surface area (Å²) in [5.74, 6) is -2.22. The van der Waals surface area contributed by atoms with Crippen LogP contribution in [0.4, 0.5) is 5.69 Å². The Hall–Kier alpha value is -3.60. The van der Waals surface area contributed by atoms with Crippen molar-refractivity contribution in [3.05, 3.63) is 101 Å². The molecule has 2 aliphatic heterocycles. The highest BCUT2D eigenvalue weighted by molar-refractivity contribution is 5.87. The van der Waals surface area contributed by atoms with Gasteiger partial charge >= 0.3 is 11.9 Å². The zero-order valence-electron chi connectivity index (χ0n) is 18.1. The minimum Gasteiger partial charge on any atom is -0.469 e. The molecule has 5 heteroatoms. The largest absolute Gasteiger partial charge is 0.469 e. The second-order valence-electron chi connectivity index (χ2n) is 8.31. The summed E-state index contributed by atoms with van der Waals surface area (Å²) in [4.78, 5) is 28.7. The number of fused-ring (bicyclic) bond motifs is 5. The standard InChI is InChI=1S/C27H25NO4/c1-31-26(29)22-23(27(30)32-2)25-20-14-8-6-12-18(20)16-19-13-7-9-15-21(19)28(25)24(22)17-10-4-3-5-11-17/h3-15,22-25H,16H2,1-2H3/t22-,23+,24+,25-/m0/s1. The Morgan fingerprint density at radius 3 is 1.97 bits per heavy atom. The minimum atomic E-state index is -0.709. The van der Waals surface area contributed by atoms with Crippen LogP contribution in [0.1, 0.15) is 34.3 Å². The zero-order chi connectivity index (χ0) is 22.2. The summed E-state index contributed by atoms with van der Waals surface area (Å²) < 4.78 is 10.5. The van der Waals surface area contributed by atoms with Gasteiger partial charge < -0.3 is 14.4 Å². The number of ether oxygens (including phenoxy) is 2. The number of methoxy groups -OCH3 is 2. The van der Waals surface area contributed by atoms with Crippen molar-refractivity contribution >= 4 is 17.6 Å². The maximum Gasteiger partial charge on any atom is 0.312 e. The first-order valence-electron chi connectivity index (χ1n) is 10.8. The Balaban J connectivity index is 1.83. The molecule has 0 radical (unpaired) electrons. The second-order valence-corrected chi connectivity index (χ2v) is 8.31. The maximum absolute atomic E-state index is 13.3. The van der Waals surface area contributed by atoms with Crippen LogP contribution in [0.15, 0.2) is 78.9 Å². The van der Waals surface area contributed by atoms with E-state index in [9.17, 15) is 9.59 Å². The van der Waals surface area contributed by atoms with E-state index >= 15 is 0 Å². The number of anilines is 1. The highest BCUT2D eigenvalue weighted by Gasteiger charge is 2.58. The van der Waals surface area contributed by atoms with Gasteiger partial charge in [0.2, 0.25) is 0 Å². The van der Waals surface area contributed by atoms with Gasteiger partial charge in [0, 0.05) is 5.69 Å². The van der Waals surface area contributed by atoms with Crippen molar-refractivity contribution in [2.24, 2.45) is 11.8 Å². The van der Waals surface area contributed by atoms with E-state index in [1.165, 1.54) is 14.2 Å². The average Bonchev–Trinajstić information content (AvgIpc) is 3.12. The van der Waals surface area contributed by atoms with Crippen LogP contribution < -0.4 is 4.90 Å². The highest BCUT2D eigenvalue weighted by atomic mass is 16.5. The lowest BCUT2D eigenvalue weighted by atomic mass is 9.81. The van der Waals surface area contributed by atoms with E-state index < -0.39 is 23.8 Å². The molecule has 0 aromatic heterocycles. The van der Waals surface area contributed by atoms with Crippen molar-refractivity contribution in [1.29, 1.82) is 0 Å². The normalized spacial score (nSPS) is 23.4. The van der Waals surface area contributed by atoms with Crippen molar-refractivity contribution in [1.82, 2.24) is 0 Å². The average molecular weight is 428 g/mol. The van der Waals surface area contributed by atoms with Crippen molar-refractivity contribution in [2.45, 2.75) is 18.5 Å². The van der Waals surface area contributed by atoms with E-state index in [1.807, 2.05) is 54.6 Å². The molecular formula is C27H25NO4. The molecule has 2 heterocycles. The number of hydrogen-bond acceptors (Lipinski definition) is 5. The molecule has 0 saturated carbocycles. The Morgan fingerprint density at radius 1 is 0.719 bits per heavy atom. The van der Waals surface area contributed by atoms with Crippen LogP contribution in [0, 0.1) is 11.8 Å². The van der Waals surface area contributed by atoms with E-state index in [1.54, 1.807) is 0 Å². The molecule has 3 aromatic rings. The number of benzene rings is 3. The molecule has 4 atom stereocenters. The molecule has 32 heavy (non-hydrogen) atoms. The monoisotopic (exact) mass is 427 g/mol. The Bertz CT molecular complexity index is 1160. The number of rotatable bonds is 3. The topological polar surface area (TPSA) is 55.8 Å². The fourth-order valence-electron chi connectivity index (χ4n) is 5.50. The van der Waals surface area contributed by atoms with Crippen LogP contribution in [0.5, 0.6) is 0 Å². The predicted molar refractivity (Wildman–Crippen MR) is 121 cm³/mol. The molecule has 0 spiro atoms. The molecule has 5 nitrogen and oxygen atoms in total. The third kappa shape index (κ3) is 3.08. The quantitative estimate of drug-likeness (QED) is 0.577. The van der Waals surface area contributed by atoms with Crippen molar-refractivity contribution in [2.75, 3.05) is 19.1 Å². The summed E-state index contributed by atoms with van der Waals surface area (Å²) in [6.07, 6.45) is 0.762. The second kappa shape index (κ2) is 8.15. The summed E-state index contributed by atoms with van der Waals surface area (Å²) in [6, 6.07) is 25.6. The molecule has 5 rings (SSSR count). The molecule has 2 aliphatic rings. The molecular weight excluding hydrogens is 402 g/mol. The summed E-state index contributed by atoms with van der Waals surface area (Å²) in [7, 11) is 2.76. The number of esters is 2. The molecule has 162 valence electrons. The number of carbonyl (C=O) groups excluding carboxylic acids is 2. The van der Waals surface area contributed by atoms with Gasteiger partial charge in [-0.3, -0.25) is 9.59 Å². The maximum atomic E-state index is 13.3. The lowest BCUT2D eigenvalue weighted by Gasteiger charge is -2.34. The van der Waals surface area contributed by atoms with E-state index in [0.717, 1.165) is 34.4 Å². The summed E-state index contributed by atoms with van der Waals surface area (Å²) >= 11 is 0. The van der Waals surface area contributed by atoms with E-state index in [4.69, 9.17) is 9.47 Å². The van der Waals surface area contributed by atoms with Crippen LogP contribution in [-0.4, -0.2) is 26.2 Å². The molecule has 0 bridgehead atoms. The lowest BCUT2D eigenvalue weighted by molar-refractivity contribution is -0.157. The smallest absolute Gasteiger partial charge is 0.312 e. The SMILES string of the molecule is COC(=O)[C@@H]1[C@H](C(=O)OC)[C@@H](c2ccccc2)N2c3ccccc3Cc3ccccc3[C@@H]12. The van der Waals surface area contributed by atoms with Crippen molar-refractivity contribution < 1.29 is 19.1 Å². The highest BCUT2D eigenvalue weighted by Crippen LogP contribution is 2.57. The molecule has 1 saturated heterocycles. The number of nitrogens with zero attached hydrogens (tertiary/aromatic N) is 1. The van der Waals surface area contributed by atoms with Gasteiger partial charge in [-0.1, -0.05) is 72.8 Å². The molecule has 0 aliphatic carbocycles. The Kier molecular flexibility index (Phi) is 5.17. The first kappa shape index (κ1) is 20.3. The Morgan fingerprint density at radius 2 is 1.28 bits per heavy atom. The molecule has 0 amide bonds. The van der Waals surface area contributed by atoms with Crippen LogP contribution >= 0.6 is 0 Å². The van der Waals surface area contributed by atoms with E-state index in [2.05, 4.69) is 29.2 Å². The van der Waals surface area contributed by atoms with Crippen molar-refractivity contribution in [3.8, 4) is 0 Å². The summed E-state index contributed by atoms with van der Waals surface area (Å²) in [5.41, 5.74) is 5.36. The number of carbonyl (C=O) groups is 2. The van der Waals surface area contributed by atoms with Gasteiger partial charge in [-0.15, -0.1) is 0 Å². The first-order chi connectivity index (χ1) is 15.7. The third-order valence-corrected chi connectivity index (χ3v) is 6.78. The number of hydrogen-bond donors (Lipinski definition) is 0. The summed E-state index contributed by atoms with van der Waals surface area (Å²) in [6.45, 7) is 0. The van der Waals surface area contributed by atoms with Gasteiger partial charge in [0.25, 0.3) is 0 Å². The number of para-hydroxylation sites is 1. The van der Waals surface area contributed by atoms with Gasteiger partial charge in [-0.2, -0.15) is 0 Å². The van der Waals surface area contributed by atoms with Crippen LogP contribution in [-0.2, 0) is 25.5 Å². The predicted octanol–water partition coefficient (Wildman–Crippen LogP) is 4.47. The fourth-order valence-corrected chi connectivity index (χ4v) is 5.50. The molecule has 0 N–H and O–H groups in total. The van der Waals surface area contributed by atoms with Crippen LogP contribution in [0.25, 0.3) is 0 Å². The zero-order valence-corrected chi connectivity index (χ0v) is 18.1. The van der Waals surface area contributed by atoms with Gasteiger partial charge in [0.15, 0.2) is 0 Å². The first-order valence-corrected chi connectivity index (χ1v) is 10.8. The molecule has 0 unspecified atom stereocenters. The fraction of sp³-hybridized carbons (Fsp3) is 0.259. The van der Waals surface area contributed by atoms with Crippen LogP contribution in [0.3, 0.4) is 0 Å². The van der Waals surface area contributed by atoms with Gasteiger partial charge in [-0.05, 0) is 34.7 Å². The summed E-state index contributed by atoms with van der Waals surface area (Å²) in [5, 5.41) is 0. The van der Waals surface area contributed by atoms with Gasteiger partial charge in [0.05, 0.1) is 38.1 Å². The van der Waals surface area contributed by atoms with Gasteiger partial charge in [0.1, 0.15) is 0 Å². The van der Waals surface area contributed by atoms with Gasteiger partial charge in [-0.25, -0.2) is 0 Å². The van der Waals surface area contributed by atoms with E-state index in [0.29, 0.717) is 0 Å². The van der Waals surface area contributed by atoms with E-state index in [-0.39, 0.29) is 12.1 Å². The van der Waals surface area contributed by atoms with Crippen LogP contribution in [0.2, 0.25) is 0 Å². The molecule has 1 fully saturated rings. The minimum absolute atomic E-state index is 0.350. The Labute approximate surface area is 187 Å².